The SMILES string of the molecule is COc1cc(Nc2nc3c(C(C)(C)O)ccc(OC(C)C(F)(F)F)n3n2)ccc1-n1cnc(C)n1. The number of aryl methyl sites for hydroxylation is 1. The topological polar surface area (TPSA) is 112 Å². The molecule has 3 heterocycles. The van der Waals surface area contributed by atoms with Crippen molar-refractivity contribution in [2.45, 2.75) is 45.6 Å². The van der Waals surface area contributed by atoms with Gasteiger partial charge in [0.1, 0.15) is 23.6 Å². The fourth-order valence-electron chi connectivity index (χ4n) is 3.34. The van der Waals surface area contributed by atoms with E-state index in [-0.39, 0.29) is 17.5 Å². The van der Waals surface area contributed by atoms with Crippen molar-refractivity contribution in [2.75, 3.05) is 12.4 Å². The molecule has 13 heteroatoms. The number of nitrogens with zero attached hydrogens (tertiary/aromatic N) is 6. The van der Waals surface area contributed by atoms with Gasteiger partial charge in [0.25, 0.3) is 0 Å². The zero-order valence-electron chi connectivity index (χ0n) is 19.6. The molecule has 0 aliphatic rings. The number of ether oxygens (including phenoxy) is 2. The van der Waals surface area contributed by atoms with Crippen LogP contribution in [0.25, 0.3) is 11.3 Å². The predicted molar refractivity (Wildman–Crippen MR) is 120 cm³/mol. The summed E-state index contributed by atoms with van der Waals surface area (Å²) in [4.78, 5) is 8.50. The van der Waals surface area contributed by atoms with Crippen molar-refractivity contribution in [1.82, 2.24) is 29.4 Å². The molecule has 186 valence electrons. The minimum atomic E-state index is -4.57. The largest absolute Gasteiger partial charge is 0.494 e. The van der Waals surface area contributed by atoms with Crippen molar-refractivity contribution in [3.05, 3.63) is 48.0 Å². The van der Waals surface area contributed by atoms with Crippen LogP contribution in [0.3, 0.4) is 0 Å². The van der Waals surface area contributed by atoms with Crippen molar-refractivity contribution in [1.29, 1.82) is 0 Å². The Kier molecular flexibility index (Phi) is 6.05. The van der Waals surface area contributed by atoms with Crippen LogP contribution in [-0.2, 0) is 5.60 Å². The molecule has 0 bridgehead atoms. The molecule has 0 radical (unpaired) electrons. The van der Waals surface area contributed by atoms with Gasteiger partial charge >= 0.3 is 6.18 Å². The maximum absolute atomic E-state index is 13.1. The Morgan fingerprint density at radius 3 is 2.46 bits per heavy atom. The van der Waals surface area contributed by atoms with Crippen LogP contribution in [0.15, 0.2) is 36.7 Å². The van der Waals surface area contributed by atoms with E-state index in [9.17, 15) is 18.3 Å². The standard InChI is InChI=1S/C22H24F3N7O3/c1-12(22(23,24)25)35-18-9-7-15(21(3,4)33)19-28-20(30-32(18)19)27-14-6-8-16(17(10-14)34-5)31-11-26-13(2)29-31/h6-12,33H,1-5H3,(H,27,30). The lowest BCUT2D eigenvalue weighted by Crippen LogP contribution is -2.32. The number of halogens is 3. The van der Waals surface area contributed by atoms with E-state index >= 15 is 0 Å². The molecule has 3 aromatic heterocycles. The number of aliphatic hydroxyl groups is 1. The summed E-state index contributed by atoms with van der Waals surface area (Å²) in [6, 6.07) is 7.97. The zero-order valence-corrected chi connectivity index (χ0v) is 19.6. The zero-order chi connectivity index (χ0) is 25.5. The van der Waals surface area contributed by atoms with Gasteiger partial charge in [-0.1, -0.05) is 0 Å². The normalized spacial score (nSPS) is 13.2. The van der Waals surface area contributed by atoms with E-state index in [1.54, 1.807) is 50.0 Å². The maximum atomic E-state index is 13.1. The van der Waals surface area contributed by atoms with Gasteiger partial charge in [-0.05, 0) is 45.9 Å². The molecule has 1 atom stereocenters. The van der Waals surface area contributed by atoms with E-state index in [0.717, 1.165) is 11.4 Å². The first-order valence-electron chi connectivity index (χ1n) is 10.6. The van der Waals surface area contributed by atoms with Crippen molar-refractivity contribution >= 4 is 17.3 Å². The number of rotatable bonds is 7. The smallest absolute Gasteiger partial charge is 0.425 e. The van der Waals surface area contributed by atoms with Gasteiger partial charge in [-0.3, -0.25) is 0 Å². The van der Waals surface area contributed by atoms with Gasteiger partial charge in [0.05, 0.1) is 12.7 Å². The lowest BCUT2D eigenvalue weighted by Gasteiger charge is -2.21. The van der Waals surface area contributed by atoms with E-state index in [0.29, 0.717) is 28.5 Å². The van der Waals surface area contributed by atoms with Gasteiger partial charge in [0, 0.05) is 23.4 Å². The number of nitrogens with one attached hydrogen (secondary N) is 1. The quantitative estimate of drug-likeness (QED) is 0.400. The highest BCUT2D eigenvalue weighted by Gasteiger charge is 2.38. The van der Waals surface area contributed by atoms with E-state index in [1.807, 2.05) is 0 Å². The summed E-state index contributed by atoms with van der Waals surface area (Å²) in [5, 5.41) is 22.1. The lowest BCUT2D eigenvalue weighted by molar-refractivity contribution is -0.190. The molecule has 1 unspecified atom stereocenters. The molecule has 0 aliphatic heterocycles. The van der Waals surface area contributed by atoms with Gasteiger partial charge in [0.2, 0.25) is 11.8 Å². The molecular weight excluding hydrogens is 467 g/mol. The highest BCUT2D eigenvalue weighted by Crippen LogP contribution is 2.32. The number of pyridine rings is 1. The monoisotopic (exact) mass is 491 g/mol. The first-order chi connectivity index (χ1) is 16.4. The van der Waals surface area contributed by atoms with E-state index in [1.165, 1.54) is 19.2 Å². The third-order valence-electron chi connectivity index (χ3n) is 5.16. The molecule has 1 aromatic carbocycles. The summed E-state index contributed by atoms with van der Waals surface area (Å²) < 4.78 is 52.5. The summed E-state index contributed by atoms with van der Waals surface area (Å²) in [7, 11) is 1.51. The fraction of sp³-hybridized carbons (Fsp3) is 0.364. The minimum Gasteiger partial charge on any atom is -0.494 e. The van der Waals surface area contributed by atoms with Gasteiger partial charge in [-0.15, -0.1) is 5.10 Å². The second kappa shape index (κ2) is 8.73. The summed E-state index contributed by atoms with van der Waals surface area (Å²) in [5.41, 5.74) is 0.380. The molecular formula is C22H24F3N7O3. The predicted octanol–water partition coefficient (Wildman–Crippen LogP) is 3.93. The second-order valence-electron chi connectivity index (χ2n) is 8.36. The molecule has 10 nitrogen and oxygen atoms in total. The third-order valence-corrected chi connectivity index (χ3v) is 5.16. The summed E-state index contributed by atoms with van der Waals surface area (Å²) in [6.45, 7) is 5.75. The van der Waals surface area contributed by atoms with Crippen molar-refractivity contribution in [3.63, 3.8) is 0 Å². The number of hydrogen-bond acceptors (Lipinski definition) is 8. The summed E-state index contributed by atoms with van der Waals surface area (Å²) in [6.07, 6.45) is -5.08. The van der Waals surface area contributed by atoms with E-state index in [4.69, 9.17) is 9.47 Å². The Morgan fingerprint density at radius 1 is 1.11 bits per heavy atom. The molecule has 0 saturated carbocycles. The van der Waals surface area contributed by atoms with Crippen LogP contribution < -0.4 is 14.8 Å². The number of fused-ring (bicyclic) bond motifs is 1. The van der Waals surface area contributed by atoms with Crippen molar-refractivity contribution in [2.24, 2.45) is 0 Å². The molecule has 35 heavy (non-hydrogen) atoms. The van der Waals surface area contributed by atoms with Crippen LogP contribution in [0, 0.1) is 6.92 Å². The molecule has 2 N–H and O–H groups in total. The number of aromatic nitrogens is 6. The first-order valence-corrected chi connectivity index (χ1v) is 10.6. The molecule has 4 rings (SSSR count). The Balaban J connectivity index is 1.72. The Morgan fingerprint density at radius 2 is 1.86 bits per heavy atom. The van der Waals surface area contributed by atoms with E-state index < -0.39 is 17.9 Å². The number of alkyl halides is 3. The molecule has 0 fully saturated rings. The van der Waals surface area contributed by atoms with Crippen LogP contribution in [0.1, 0.15) is 32.2 Å². The lowest BCUT2D eigenvalue weighted by atomic mass is 10.00. The maximum Gasteiger partial charge on any atom is 0.425 e. The third kappa shape index (κ3) is 4.99. The Bertz CT molecular complexity index is 1360. The van der Waals surface area contributed by atoms with Crippen molar-refractivity contribution < 1.29 is 27.8 Å². The van der Waals surface area contributed by atoms with Gasteiger partial charge in [-0.25, -0.2) is 9.67 Å². The van der Waals surface area contributed by atoms with Crippen LogP contribution in [0.5, 0.6) is 11.6 Å². The molecule has 4 aromatic rings. The summed E-state index contributed by atoms with van der Waals surface area (Å²) in [5.74, 6) is 0.998. The minimum absolute atomic E-state index is 0.0811. The number of hydrogen-bond donors (Lipinski definition) is 2. The average molecular weight is 491 g/mol. The van der Waals surface area contributed by atoms with Crippen LogP contribution in [0.2, 0.25) is 0 Å². The molecule has 0 spiro atoms. The van der Waals surface area contributed by atoms with Crippen LogP contribution in [-0.4, -0.2) is 53.9 Å². The molecule has 0 aliphatic carbocycles. The van der Waals surface area contributed by atoms with Crippen molar-refractivity contribution in [3.8, 4) is 17.3 Å². The average Bonchev–Trinajstić information content (AvgIpc) is 3.38. The van der Waals surface area contributed by atoms with E-state index in [2.05, 4.69) is 25.5 Å². The van der Waals surface area contributed by atoms with Gasteiger partial charge < -0.3 is 19.9 Å². The van der Waals surface area contributed by atoms with Gasteiger partial charge in [-0.2, -0.15) is 27.8 Å². The first kappa shape index (κ1) is 24.3. The molecule has 0 amide bonds. The summed E-state index contributed by atoms with van der Waals surface area (Å²) >= 11 is 0. The second-order valence-corrected chi connectivity index (χ2v) is 8.36. The highest BCUT2D eigenvalue weighted by molar-refractivity contribution is 5.64. The number of anilines is 2. The van der Waals surface area contributed by atoms with Gasteiger partial charge in [0.15, 0.2) is 11.8 Å². The fourth-order valence-corrected chi connectivity index (χ4v) is 3.34. The molecule has 0 saturated heterocycles. The Hall–Kier alpha value is -3.87. The number of benzene rings is 1. The van der Waals surface area contributed by atoms with Crippen LogP contribution >= 0.6 is 0 Å². The number of methoxy groups -OCH3 is 1. The highest BCUT2D eigenvalue weighted by atomic mass is 19.4. The van der Waals surface area contributed by atoms with Crippen LogP contribution in [0.4, 0.5) is 24.8 Å². The Labute approximate surface area is 198 Å².